The summed E-state index contributed by atoms with van der Waals surface area (Å²) in [5.74, 6) is 6.10. The molecule has 3 aromatic heterocycles. The van der Waals surface area contributed by atoms with Crippen LogP contribution in [0.2, 0.25) is 0 Å². The van der Waals surface area contributed by atoms with Gasteiger partial charge in [0.1, 0.15) is 10.8 Å². The maximum Gasteiger partial charge on any atom is 0.332 e. The van der Waals surface area contributed by atoms with Gasteiger partial charge in [0.15, 0.2) is 11.2 Å². The molecule has 1 aromatic carbocycles. The van der Waals surface area contributed by atoms with Gasteiger partial charge in [-0.1, -0.05) is 5.92 Å². The number of hydrogen-bond donors (Lipinski definition) is 1. The van der Waals surface area contributed by atoms with Crippen molar-refractivity contribution in [3.05, 3.63) is 49.9 Å². The van der Waals surface area contributed by atoms with Crippen molar-refractivity contribution in [1.82, 2.24) is 23.7 Å². The first kappa shape index (κ1) is 22.3. The Morgan fingerprint density at radius 1 is 1.26 bits per heavy atom. The number of halogens is 1. The van der Waals surface area contributed by atoms with Gasteiger partial charge in [-0.3, -0.25) is 18.5 Å². The summed E-state index contributed by atoms with van der Waals surface area (Å²) in [7, 11) is 1.60. The molecule has 1 aliphatic heterocycles. The number of aryl methyl sites for hydroxylation is 1. The first-order chi connectivity index (χ1) is 16.4. The molecule has 0 saturated carbocycles. The van der Waals surface area contributed by atoms with E-state index in [1.807, 2.05) is 0 Å². The zero-order chi connectivity index (χ0) is 24.0. The lowest BCUT2D eigenvalue weighted by molar-refractivity contribution is 0.496. The highest BCUT2D eigenvalue weighted by Gasteiger charge is 2.26. The fraction of sp³-hybridized carbons (Fsp3) is 0.391. The molecule has 0 bridgehead atoms. The van der Waals surface area contributed by atoms with Crippen LogP contribution in [0.5, 0.6) is 0 Å². The third-order valence-electron chi connectivity index (χ3n) is 6.05. The van der Waals surface area contributed by atoms with Gasteiger partial charge in [-0.15, -0.1) is 17.3 Å². The monoisotopic (exact) mass is 481 g/mol. The summed E-state index contributed by atoms with van der Waals surface area (Å²) < 4.78 is 18.7. The van der Waals surface area contributed by atoms with Gasteiger partial charge in [0.2, 0.25) is 5.95 Å². The van der Waals surface area contributed by atoms with Crippen molar-refractivity contribution in [1.29, 1.82) is 0 Å². The van der Waals surface area contributed by atoms with Gasteiger partial charge in [-0.25, -0.2) is 14.2 Å². The van der Waals surface area contributed by atoms with Crippen molar-refractivity contribution in [3.63, 3.8) is 0 Å². The molecule has 4 aromatic rings. The number of anilines is 1. The normalized spacial score (nSPS) is 16.2. The molecule has 11 heteroatoms. The predicted molar refractivity (Wildman–Crippen MR) is 131 cm³/mol. The van der Waals surface area contributed by atoms with Crippen LogP contribution in [0.4, 0.5) is 10.3 Å². The van der Waals surface area contributed by atoms with Crippen molar-refractivity contribution in [2.75, 3.05) is 18.0 Å². The van der Waals surface area contributed by atoms with Crippen molar-refractivity contribution in [2.24, 2.45) is 12.8 Å². The second-order valence-electron chi connectivity index (χ2n) is 8.40. The standard InChI is InChI=1S/C23H24FN7O2S/c1-3-4-10-30-19-20(27-22(30)29-9-5-6-15(25)12-29)28(2)23(33)31(21(19)32)13-18-26-16-11-14(24)7-8-17(16)34-18/h7-8,11,15H,5-6,9-10,12-13,25H2,1-2H3/t15-/m0/s1. The molecule has 0 unspecified atom stereocenters. The number of nitrogens with two attached hydrogens (primary N) is 1. The Morgan fingerprint density at radius 2 is 2.09 bits per heavy atom. The zero-order valence-electron chi connectivity index (χ0n) is 18.9. The van der Waals surface area contributed by atoms with Gasteiger partial charge in [0.05, 0.1) is 23.3 Å². The molecule has 0 radical (unpaired) electrons. The second kappa shape index (κ2) is 8.70. The maximum absolute atomic E-state index is 13.6. The number of nitrogens with zero attached hydrogens (tertiary/aromatic N) is 6. The molecule has 1 aliphatic rings. The number of rotatable bonds is 4. The Kier molecular flexibility index (Phi) is 5.71. The lowest BCUT2D eigenvalue weighted by Crippen LogP contribution is -2.44. The molecular formula is C23H24FN7O2S. The zero-order valence-corrected chi connectivity index (χ0v) is 19.7. The molecule has 4 heterocycles. The molecule has 5 rings (SSSR count). The molecule has 2 N–H and O–H groups in total. The summed E-state index contributed by atoms with van der Waals surface area (Å²) in [6.07, 6.45) is 1.86. The molecule has 34 heavy (non-hydrogen) atoms. The van der Waals surface area contributed by atoms with E-state index in [0.717, 1.165) is 28.7 Å². The summed E-state index contributed by atoms with van der Waals surface area (Å²) in [6.45, 7) is 3.37. The first-order valence-corrected chi connectivity index (χ1v) is 11.8. The van der Waals surface area contributed by atoms with E-state index in [0.29, 0.717) is 34.2 Å². The molecule has 1 saturated heterocycles. The highest BCUT2D eigenvalue weighted by atomic mass is 32.1. The Bertz CT molecular complexity index is 1590. The van der Waals surface area contributed by atoms with E-state index in [9.17, 15) is 14.0 Å². The maximum atomic E-state index is 13.6. The third kappa shape index (κ3) is 3.78. The summed E-state index contributed by atoms with van der Waals surface area (Å²) in [5, 5.41) is 0.542. The highest BCUT2D eigenvalue weighted by molar-refractivity contribution is 7.18. The minimum atomic E-state index is -0.490. The van der Waals surface area contributed by atoms with Gasteiger partial charge >= 0.3 is 5.69 Å². The fourth-order valence-electron chi connectivity index (χ4n) is 4.39. The fourth-order valence-corrected chi connectivity index (χ4v) is 5.33. The molecule has 1 atom stereocenters. The molecule has 9 nitrogen and oxygen atoms in total. The average Bonchev–Trinajstić information content (AvgIpc) is 3.40. The lowest BCUT2D eigenvalue weighted by atomic mass is 10.1. The van der Waals surface area contributed by atoms with Crippen molar-refractivity contribution in [3.8, 4) is 11.8 Å². The van der Waals surface area contributed by atoms with E-state index in [1.165, 1.54) is 28.0 Å². The molecule has 0 amide bonds. The lowest BCUT2D eigenvalue weighted by Gasteiger charge is -2.31. The molecular weight excluding hydrogens is 457 g/mol. The van der Waals surface area contributed by atoms with Crippen LogP contribution < -0.4 is 21.9 Å². The Labute approximate surface area is 198 Å². The average molecular weight is 482 g/mol. The molecule has 176 valence electrons. The second-order valence-corrected chi connectivity index (χ2v) is 9.51. The number of benzene rings is 1. The molecule has 0 aliphatic carbocycles. The Hall–Kier alpha value is -3.49. The van der Waals surface area contributed by atoms with E-state index in [-0.39, 0.29) is 24.9 Å². The smallest absolute Gasteiger partial charge is 0.332 e. The number of piperidine rings is 1. The first-order valence-electron chi connectivity index (χ1n) is 11.0. The van der Waals surface area contributed by atoms with Gasteiger partial charge in [-0.05, 0) is 31.9 Å². The van der Waals surface area contributed by atoms with Gasteiger partial charge in [0.25, 0.3) is 5.56 Å². The number of aromatic nitrogens is 5. The van der Waals surface area contributed by atoms with Gasteiger partial charge < -0.3 is 10.6 Å². The van der Waals surface area contributed by atoms with Crippen molar-refractivity contribution in [2.45, 2.75) is 38.9 Å². The SMILES string of the molecule is CC#CCn1c(N2CCC[C@H](N)C2)nc2c1c(=O)n(Cc1nc3cc(F)ccc3s1)c(=O)n2C. The van der Waals surface area contributed by atoms with Crippen LogP contribution in [0.3, 0.4) is 0 Å². The van der Waals surface area contributed by atoms with E-state index < -0.39 is 11.2 Å². The summed E-state index contributed by atoms with van der Waals surface area (Å²) in [6, 6.07) is 4.36. The van der Waals surface area contributed by atoms with Crippen molar-refractivity contribution < 1.29 is 4.39 Å². The van der Waals surface area contributed by atoms with E-state index in [4.69, 9.17) is 10.7 Å². The van der Waals surface area contributed by atoms with Gasteiger partial charge in [-0.2, -0.15) is 4.98 Å². The van der Waals surface area contributed by atoms with Crippen LogP contribution >= 0.6 is 11.3 Å². The van der Waals surface area contributed by atoms with E-state index in [2.05, 4.69) is 21.7 Å². The van der Waals surface area contributed by atoms with Crippen LogP contribution in [-0.2, 0) is 20.1 Å². The number of hydrogen-bond acceptors (Lipinski definition) is 7. The van der Waals surface area contributed by atoms with Gasteiger partial charge in [0, 0.05) is 32.2 Å². The highest BCUT2D eigenvalue weighted by Crippen LogP contribution is 2.25. The van der Waals surface area contributed by atoms with Crippen molar-refractivity contribution >= 4 is 38.7 Å². The van der Waals surface area contributed by atoms with Crippen LogP contribution in [0, 0.1) is 17.7 Å². The number of fused-ring (bicyclic) bond motifs is 2. The minimum Gasteiger partial charge on any atom is -0.341 e. The van der Waals surface area contributed by atoms with Crippen LogP contribution in [0.25, 0.3) is 21.4 Å². The Balaban J connectivity index is 1.67. The number of imidazole rings is 1. The van der Waals surface area contributed by atoms with Crippen LogP contribution in [-0.4, -0.2) is 42.8 Å². The Morgan fingerprint density at radius 3 is 2.85 bits per heavy atom. The predicted octanol–water partition coefficient (Wildman–Crippen LogP) is 1.64. The van der Waals surface area contributed by atoms with Crippen LogP contribution in [0.1, 0.15) is 24.8 Å². The van der Waals surface area contributed by atoms with Crippen LogP contribution in [0.15, 0.2) is 27.8 Å². The third-order valence-corrected chi connectivity index (χ3v) is 7.08. The van der Waals surface area contributed by atoms with E-state index in [1.54, 1.807) is 24.6 Å². The summed E-state index contributed by atoms with van der Waals surface area (Å²) >= 11 is 1.32. The number of thiazole rings is 1. The largest absolute Gasteiger partial charge is 0.341 e. The topological polar surface area (TPSA) is 104 Å². The summed E-state index contributed by atoms with van der Waals surface area (Å²) in [4.78, 5) is 38.0. The molecule has 0 spiro atoms. The quantitative estimate of drug-likeness (QED) is 0.445. The minimum absolute atomic E-state index is 0.0169. The molecule has 1 fully saturated rings. The van der Waals surface area contributed by atoms with E-state index >= 15 is 0 Å². The summed E-state index contributed by atoms with van der Waals surface area (Å²) in [5.41, 5.74) is 6.36.